The van der Waals surface area contributed by atoms with E-state index < -0.39 is 37.8 Å². The third-order valence-corrected chi connectivity index (χ3v) is 6.99. The molecule has 0 saturated heterocycles. The van der Waals surface area contributed by atoms with Crippen LogP contribution in [0.1, 0.15) is 105 Å². The number of ether oxygens (including phenoxy) is 1. The smallest absolute Gasteiger partial charge is 0.778 e. The Morgan fingerprint density at radius 2 is 1.17 bits per heavy atom. The van der Waals surface area contributed by atoms with E-state index in [1.165, 1.54) is 16.8 Å². The van der Waals surface area contributed by atoms with Gasteiger partial charge >= 0.3 is 65.1 Å². The molecule has 0 heterocycles. The third-order valence-electron chi connectivity index (χ3n) is 5.74. The predicted molar refractivity (Wildman–Crippen MR) is 271 cm³/mol. The van der Waals surface area contributed by atoms with Crippen molar-refractivity contribution >= 4 is 28.9 Å². The molecule has 20 heteroatoms. The second-order valence-electron chi connectivity index (χ2n) is 12.3. The predicted octanol–water partition coefficient (Wildman–Crippen LogP) is 1.66. The van der Waals surface area contributed by atoms with E-state index in [-0.39, 0.29) is 90.0 Å². The Morgan fingerprint density at radius 1 is 0.727 bits per heavy atom. The molecular formula is C46H80N2Na2O14P2. The maximum absolute atomic E-state index is 11.8. The fourth-order valence-corrected chi connectivity index (χ4v) is 3.74. The molecule has 2 N–H and O–H groups in total. The molecule has 2 atom stereocenters. The van der Waals surface area contributed by atoms with Crippen LogP contribution in [0.25, 0.3) is 0 Å². The van der Waals surface area contributed by atoms with Gasteiger partial charge in [-0.25, -0.2) is 5.48 Å². The van der Waals surface area contributed by atoms with Gasteiger partial charge in [0.05, 0.1) is 18.2 Å². The molecule has 370 valence electrons. The summed E-state index contributed by atoms with van der Waals surface area (Å²) in [5.74, 6) is 50.4. The fraction of sp³-hybridized carbons (Fsp3) is 0.348. The molecule has 66 heavy (non-hydrogen) atoms. The van der Waals surface area contributed by atoms with Crippen LogP contribution in [0.3, 0.4) is 0 Å². The normalized spacial score (nSPS) is 9.73. The van der Waals surface area contributed by atoms with Crippen LogP contribution in [-0.2, 0) is 58.0 Å². The van der Waals surface area contributed by atoms with Gasteiger partial charge in [-0.05, 0) is 186 Å². The molecule has 2 unspecified atom stereocenters. The first-order chi connectivity index (χ1) is 30.6. The van der Waals surface area contributed by atoms with Crippen molar-refractivity contribution in [3.63, 3.8) is 0 Å². The SMILES string of the molecule is C#CC#CC#CC#CC#CC#CC#CC#CC#CC#CC#CC.CC(C)=CCC/C(C)=C/CC/C(C)=C/CONC(=O)CP(=O)([O-])OCOC(=O)C(C)(C)C.[HH].[HH].[HH].[HH].[HH].[HH].[HH].[HH].[HH].[HH].[HH].[HH].[HH].[HH].[HH].[HH].[HH].[Na+].[Na+].[O-]OOONOOOP. The van der Waals surface area contributed by atoms with Crippen molar-refractivity contribution in [2.24, 2.45) is 5.41 Å². The Hall–Kier alpha value is -4.46. The summed E-state index contributed by atoms with van der Waals surface area (Å²) >= 11 is 0. The van der Waals surface area contributed by atoms with Crippen LogP contribution in [0.4, 0.5) is 0 Å². The van der Waals surface area contributed by atoms with Gasteiger partial charge in [-0.1, -0.05) is 55.9 Å². The van der Waals surface area contributed by atoms with Crippen molar-refractivity contribution in [3.8, 4) is 131 Å². The van der Waals surface area contributed by atoms with Crippen LogP contribution in [0, 0.1) is 136 Å². The van der Waals surface area contributed by atoms with Crippen LogP contribution in [-0.4, -0.2) is 31.4 Å². The summed E-state index contributed by atoms with van der Waals surface area (Å²) in [6.07, 6.45) is 14.2. The number of nitrogens with one attached hydrogen (secondary N) is 2. The van der Waals surface area contributed by atoms with Crippen LogP contribution in [0.5, 0.6) is 0 Å². The van der Waals surface area contributed by atoms with Crippen molar-refractivity contribution in [1.29, 1.82) is 0 Å². The summed E-state index contributed by atoms with van der Waals surface area (Å²) in [4.78, 5) is 47.3. The molecule has 0 aliphatic heterocycles. The summed E-state index contributed by atoms with van der Waals surface area (Å²) in [7, 11) is -2.81. The number of carbonyl (C=O) groups is 2. The van der Waals surface area contributed by atoms with Crippen molar-refractivity contribution in [2.45, 2.75) is 81.1 Å². The van der Waals surface area contributed by atoms with E-state index in [1.54, 1.807) is 37.2 Å². The number of hydroxylamine groups is 1. The first-order valence-electron chi connectivity index (χ1n) is 18.0. The summed E-state index contributed by atoms with van der Waals surface area (Å²) in [6, 6.07) is 0. The molecule has 0 radical (unpaired) electrons. The average molecular weight is 993 g/mol. The number of allylic oxidation sites excluding steroid dienone is 5. The van der Waals surface area contributed by atoms with Crippen molar-refractivity contribution in [1.82, 2.24) is 11.1 Å². The molecule has 0 aromatic carbocycles. The number of hydrogen-bond donors (Lipinski definition) is 2. The summed E-state index contributed by atoms with van der Waals surface area (Å²) in [5, 5.41) is 18.6. The first kappa shape index (κ1) is 70.6. The minimum atomic E-state index is -4.51. The number of carbonyl (C=O) groups excluding carboxylic acids is 2. The second-order valence-corrected chi connectivity index (χ2v) is 14.3. The average Bonchev–Trinajstić information content (AvgIpc) is 3.23. The van der Waals surface area contributed by atoms with Crippen LogP contribution >= 0.6 is 17.1 Å². The Morgan fingerprint density at radius 3 is 1.59 bits per heavy atom. The number of rotatable bonds is 20. The van der Waals surface area contributed by atoms with E-state index in [0.717, 1.165) is 31.3 Å². The first-order valence-corrected chi connectivity index (χ1v) is 20.2. The molecule has 0 fully saturated rings. The summed E-state index contributed by atoms with van der Waals surface area (Å²) in [6.45, 7) is 14.2. The fourth-order valence-electron chi connectivity index (χ4n) is 2.98. The van der Waals surface area contributed by atoms with Gasteiger partial charge in [0.25, 0.3) is 5.91 Å². The summed E-state index contributed by atoms with van der Waals surface area (Å²) < 4.78 is 24.8. The maximum atomic E-state index is 11.8. The zero-order chi connectivity index (χ0) is 48.6. The Labute approximate surface area is 461 Å². The molecule has 0 aliphatic rings. The quantitative estimate of drug-likeness (QED) is 0.0205. The molecule has 0 spiro atoms. The van der Waals surface area contributed by atoms with E-state index in [0.29, 0.717) is 0 Å². The topological polar surface area (TPSA) is 204 Å². The molecule has 0 rings (SSSR count). The maximum Gasteiger partial charge on any atom is 1.00 e. The molecular weight excluding hydrogens is 912 g/mol. The van der Waals surface area contributed by atoms with E-state index in [4.69, 9.17) is 21.3 Å². The van der Waals surface area contributed by atoms with E-state index in [2.05, 4.69) is 197 Å². The molecule has 0 aromatic heterocycles. The minimum absolute atomic E-state index is 0. The molecule has 0 aliphatic carbocycles. The molecule has 1 amide bonds. The van der Waals surface area contributed by atoms with Gasteiger partial charge in [0.2, 0.25) is 0 Å². The van der Waals surface area contributed by atoms with Gasteiger partial charge in [0.15, 0.2) is 6.79 Å². The third kappa shape index (κ3) is 59.5. The largest absolute Gasteiger partial charge is 1.00 e. The Kier molecular flexibility index (Phi) is 55.1. The molecule has 0 bridgehead atoms. The minimum Gasteiger partial charge on any atom is -0.778 e. The zero-order valence-electron chi connectivity index (χ0n) is 38.5. The zero-order valence-corrected chi connectivity index (χ0v) is 44.5. The van der Waals surface area contributed by atoms with Gasteiger partial charge in [0, 0.05) is 57.4 Å². The Bertz CT molecular complexity index is 2390. The standard InChI is InChI=1S/C23H40NO7P.C23H4.H4NO7P.2Na.17H2/c1-18(2)10-8-11-19(3)12-9-13-20(4)14-15-30-24-21(25)16-32(27,28)31-17-29-22(26)23(5,6)7;1-3-5-7-9-11-13-15-17-19-21-23-22-20-18-16-14-12-10-8-6-4-2;2-5-6-3-1-4-7-8-9;;;;;;;;;;;;;;;;;;;/h10,12,14H,8-9,11,13,15-17H2,1-7H3,(H,24,25)(H,27,28);1H,2H3;1-2H,9H2;;;17*1H/q;;;2*+1;;;;;;;;;;;;;;;;;/p-2/b19-12+,20-14+;;;;;;;;;;;;;;;;;;;;;. The van der Waals surface area contributed by atoms with Gasteiger partial charge in [-0.3, -0.25) is 19.5 Å². The van der Waals surface area contributed by atoms with Crippen LogP contribution in [0.2, 0.25) is 0 Å². The van der Waals surface area contributed by atoms with Gasteiger partial charge < -0.3 is 24.0 Å². The summed E-state index contributed by atoms with van der Waals surface area (Å²) in [5.41, 5.74) is 6.55. The van der Waals surface area contributed by atoms with Crippen LogP contribution in [0.15, 0.2) is 34.9 Å². The Balaban J connectivity index is -0.0000000330. The molecule has 0 saturated carbocycles. The van der Waals surface area contributed by atoms with E-state index in [9.17, 15) is 19.0 Å². The van der Waals surface area contributed by atoms with E-state index >= 15 is 0 Å². The molecule has 16 nitrogen and oxygen atoms in total. The second kappa shape index (κ2) is 51.5. The monoisotopic (exact) mass is 992 g/mol. The van der Waals surface area contributed by atoms with Gasteiger partial charge in [-0.15, -0.1) is 6.42 Å². The number of hydrogen-bond acceptors (Lipinski definition) is 15. The van der Waals surface area contributed by atoms with Gasteiger partial charge in [0.1, 0.15) is 7.60 Å². The van der Waals surface area contributed by atoms with Gasteiger partial charge in [-0.2, -0.15) is 4.67 Å². The van der Waals surface area contributed by atoms with E-state index in [1.807, 2.05) is 13.0 Å². The number of amides is 1. The molecule has 0 aromatic rings. The van der Waals surface area contributed by atoms with Crippen molar-refractivity contribution in [3.05, 3.63) is 34.9 Å². The number of terminal acetylenes is 1. The van der Waals surface area contributed by atoms with Crippen LogP contribution < -0.4 is 80.4 Å². The van der Waals surface area contributed by atoms with Crippen molar-refractivity contribution in [2.75, 3.05) is 19.6 Å². The number of esters is 1. The van der Waals surface area contributed by atoms with Crippen molar-refractivity contribution < 1.29 is 152 Å².